The second-order valence-electron chi connectivity index (χ2n) is 3.42. The maximum Gasteiger partial charge on any atom is 0.137 e. The van der Waals surface area contributed by atoms with E-state index in [0.717, 1.165) is 11.1 Å². The van der Waals surface area contributed by atoms with Gasteiger partial charge in [-0.15, -0.1) is 11.6 Å². The summed E-state index contributed by atoms with van der Waals surface area (Å²) < 4.78 is 13.8. The van der Waals surface area contributed by atoms with Crippen molar-refractivity contribution >= 4 is 27.5 Å². The largest absolute Gasteiger partial charge is 0.206 e. The van der Waals surface area contributed by atoms with Crippen molar-refractivity contribution in [1.29, 1.82) is 0 Å². The van der Waals surface area contributed by atoms with Gasteiger partial charge < -0.3 is 0 Å². The molecule has 0 fully saturated rings. The van der Waals surface area contributed by atoms with Gasteiger partial charge in [0.2, 0.25) is 0 Å². The highest BCUT2D eigenvalue weighted by molar-refractivity contribution is 9.10. The minimum Gasteiger partial charge on any atom is -0.206 e. The van der Waals surface area contributed by atoms with Crippen molar-refractivity contribution in [2.45, 2.75) is 5.38 Å². The van der Waals surface area contributed by atoms with Crippen LogP contribution in [0.2, 0.25) is 0 Å². The molecule has 16 heavy (non-hydrogen) atoms. The molecule has 0 saturated heterocycles. The van der Waals surface area contributed by atoms with Crippen LogP contribution in [0.5, 0.6) is 0 Å². The Morgan fingerprint density at radius 3 is 2.38 bits per heavy atom. The molecule has 0 nitrogen and oxygen atoms in total. The summed E-state index contributed by atoms with van der Waals surface area (Å²) in [4.78, 5) is 0. The maximum atomic E-state index is 13.3. The molecular weight excluding hydrogens is 290 g/mol. The minimum atomic E-state index is -0.341. The van der Waals surface area contributed by atoms with Gasteiger partial charge in [-0.25, -0.2) is 4.39 Å². The predicted molar refractivity (Wildman–Crippen MR) is 68.2 cm³/mol. The van der Waals surface area contributed by atoms with Crippen LogP contribution in [0.1, 0.15) is 16.5 Å². The van der Waals surface area contributed by atoms with E-state index < -0.39 is 0 Å². The van der Waals surface area contributed by atoms with Crippen molar-refractivity contribution in [3.05, 3.63) is 69.9 Å². The molecule has 0 heterocycles. The Hall–Kier alpha value is -0.860. The Kier molecular flexibility index (Phi) is 3.62. The van der Waals surface area contributed by atoms with Crippen LogP contribution in [0.4, 0.5) is 4.39 Å². The van der Waals surface area contributed by atoms with E-state index in [1.807, 2.05) is 36.4 Å². The van der Waals surface area contributed by atoms with Crippen LogP contribution in [-0.2, 0) is 0 Å². The van der Waals surface area contributed by atoms with Crippen molar-refractivity contribution in [1.82, 2.24) is 0 Å². The Morgan fingerprint density at radius 1 is 1.00 bits per heavy atom. The molecule has 3 heteroatoms. The Balaban J connectivity index is 2.42. The van der Waals surface area contributed by atoms with Crippen LogP contribution in [-0.4, -0.2) is 0 Å². The topological polar surface area (TPSA) is 0 Å². The minimum absolute atomic E-state index is 0.293. The van der Waals surface area contributed by atoms with Crippen molar-refractivity contribution in [3.8, 4) is 0 Å². The third kappa shape index (κ3) is 2.28. The van der Waals surface area contributed by atoms with Gasteiger partial charge >= 0.3 is 0 Å². The quantitative estimate of drug-likeness (QED) is 0.691. The molecule has 0 aliphatic rings. The lowest BCUT2D eigenvalue weighted by Gasteiger charge is -2.12. The van der Waals surface area contributed by atoms with Crippen molar-refractivity contribution < 1.29 is 4.39 Å². The van der Waals surface area contributed by atoms with Gasteiger partial charge in [0.05, 0.1) is 9.85 Å². The molecule has 0 saturated carbocycles. The molecule has 2 rings (SSSR count). The van der Waals surface area contributed by atoms with E-state index in [2.05, 4.69) is 15.9 Å². The first-order valence-electron chi connectivity index (χ1n) is 4.83. The van der Waals surface area contributed by atoms with E-state index in [4.69, 9.17) is 11.6 Å². The van der Waals surface area contributed by atoms with Gasteiger partial charge in [-0.2, -0.15) is 0 Å². The van der Waals surface area contributed by atoms with E-state index in [1.165, 1.54) is 6.07 Å². The second kappa shape index (κ2) is 4.98. The number of hydrogen-bond donors (Lipinski definition) is 0. The molecule has 1 unspecified atom stereocenters. The summed E-state index contributed by atoms with van der Waals surface area (Å²) in [5.74, 6) is -0.293. The average molecular weight is 300 g/mol. The molecule has 0 radical (unpaired) electrons. The molecule has 0 aromatic heterocycles. The van der Waals surface area contributed by atoms with E-state index in [9.17, 15) is 4.39 Å². The summed E-state index contributed by atoms with van der Waals surface area (Å²) in [5, 5.41) is -0.341. The molecule has 82 valence electrons. The van der Waals surface area contributed by atoms with Gasteiger partial charge in [0.15, 0.2) is 0 Å². The summed E-state index contributed by atoms with van der Waals surface area (Å²) in [6.45, 7) is 0. The van der Waals surface area contributed by atoms with Crippen LogP contribution in [0.3, 0.4) is 0 Å². The van der Waals surface area contributed by atoms with Gasteiger partial charge in [-0.3, -0.25) is 0 Å². The molecule has 2 aromatic carbocycles. The van der Waals surface area contributed by atoms with Gasteiger partial charge in [-0.1, -0.05) is 42.5 Å². The highest BCUT2D eigenvalue weighted by atomic mass is 79.9. The fourth-order valence-electron chi connectivity index (χ4n) is 1.52. The molecule has 0 aliphatic carbocycles. The lowest BCUT2D eigenvalue weighted by molar-refractivity contribution is 0.618. The molecule has 1 atom stereocenters. The maximum absolute atomic E-state index is 13.3. The normalized spacial score (nSPS) is 12.4. The Labute approximate surface area is 107 Å². The summed E-state index contributed by atoms with van der Waals surface area (Å²) in [5.41, 5.74) is 1.70. The zero-order chi connectivity index (χ0) is 11.5. The molecule has 0 aliphatic heterocycles. The molecule has 0 spiro atoms. The SMILES string of the molecule is Fc1cccc(C(Cl)c2ccccc2)c1Br. The number of hydrogen-bond acceptors (Lipinski definition) is 0. The molecule has 2 aromatic rings. The summed E-state index contributed by atoms with van der Waals surface area (Å²) in [7, 11) is 0. The van der Waals surface area contributed by atoms with Gasteiger partial charge in [0.1, 0.15) is 5.82 Å². The first kappa shape index (κ1) is 11.6. The standard InChI is InChI=1S/C13H9BrClF/c14-12-10(7-4-8-11(12)16)13(15)9-5-2-1-3-6-9/h1-8,13H. The zero-order valence-electron chi connectivity index (χ0n) is 8.33. The summed E-state index contributed by atoms with van der Waals surface area (Å²) in [6, 6.07) is 14.5. The highest BCUT2D eigenvalue weighted by Crippen LogP contribution is 2.34. The van der Waals surface area contributed by atoms with Crippen molar-refractivity contribution in [2.75, 3.05) is 0 Å². The van der Waals surface area contributed by atoms with Crippen LogP contribution >= 0.6 is 27.5 Å². The molecule has 0 N–H and O–H groups in total. The third-order valence-corrected chi connectivity index (χ3v) is 3.67. The van der Waals surface area contributed by atoms with E-state index in [-0.39, 0.29) is 11.2 Å². The lowest BCUT2D eigenvalue weighted by Crippen LogP contribution is -1.95. The highest BCUT2D eigenvalue weighted by Gasteiger charge is 2.15. The Morgan fingerprint density at radius 2 is 1.69 bits per heavy atom. The smallest absolute Gasteiger partial charge is 0.137 e. The van der Waals surface area contributed by atoms with Gasteiger partial charge in [0.25, 0.3) is 0 Å². The number of alkyl halides is 1. The van der Waals surface area contributed by atoms with Gasteiger partial charge in [-0.05, 0) is 33.1 Å². The van der Waals surface area contributed by atoms with Gasteiger partial charge in [0, 0.05) is 0 Å². The number of rotatable bonds is 2. The monoisotopic (exact) mass is 298 g/mol. The van der Waals surface area contributed by atoms with Crippen LogP contribution in [0, 0.1) is 5.82 Å². The van der Waals surface area contributed by atoms with Crippen molar-refractivity contribution in [3.63, 3.8) is 0 Å². The molecular formula is C13H9BrClF. The fourth-order valence-corrected chi connectivity index (χ4v) is 2.47. The predicted octanol–water partition coefficient (Wildman–Crippen LogP) is 4.92. The van der Waals surface area contributed by atoms with Crippen LogP contribution < -0.4 is 0 Å². The van der Waals surface area contributed by atoms with Crippen molar-refractivity contribution in [2.24, 2.45) is 0 Å². The van der Waals surface area contributed by atoms with E-state index >= 15 is 0 Å². The summed E-state index contributed by atoms with van der Waals surface area (Å²) in [6.07, 6.45) is 0. The van der Waals surface area contributed by atoms with E-state index in [1.54, 1.807) is 6.07 Å². The van der Waals surface area contributed by atoms with Crippen LogP contribution in [0.15, 0.2) is 53.0 Å². The first-order valence-corrected chi connectivity index (χ1v) is 6.06. The molecule has 0 bridgehead atoms. The zero-order valence-corrected chi connectivity index (χ0v) is 10.7. The lowest BCUT2D eigenvalue weighted by atomic mass is 10.0. The Bertz CT molecular complexity index is 485. The summed E-state index contributed by atoms with van der Waals surface area (Å²) >= 11 is 9.53. The number of benzene rings is 2. The van der Waals surface area contributed by atoms with Crippen LogP contribution in [0.25, 0.3) is 0 Å². The second-order valence-corrected chi connectivity index (χ2v) is 4.65. The number of halogens is 3. The third-order valence-electron chi connectivity index (χ3n) is 2.35. The molecule has 0 amide bonds. The fraction of sp³-hybridized carbons (Fsp3) is 0.0769. The van der Waals surface area contributed by atoms with E-state index in [0.29, 0.717) is 4.47 Å². The first-order chi connectivity index (χ1) is 7.70. The average Bonchev–Trinajstić information content (AvgIpc) is 2.33.